The van der Waals surface area contributed by atoms with Gasteiger partial charge in [-0.15, -0.1) is 0 Å². The zero-order valence-electron chi connectivity index (χ0n) is 12.6. The van der Waals surface area contributed by atoms with Crippen LogP contribution in [0.15, 0.2) is 18.5 Å². The van der Waals surface area contributed by atoms with Crippen molar-refractivity contribution in [2.45, 2.75) is 32.4 Å². The molecule has 22 heavy (non-hydrogen) atoms. The summed E-state index contributed by atoms with van der Waals surface area (Å²) in [5.74, 6) is 0.679. The Morgan fingerprint density at radius 2 is 2.32 bits per heavy atom. The normalized spacial score (nSPS) is 20.8. The van der Waals surface area contributed by atoms with Crippen molar-refractivity contribution in [1.29, 1.82) is 0 Å². The molecule has 7 heteroatoms. The zero-order chi connectivity index (χ0) is 15.1. The van der Waals surface area contributed by atoms with Gasteiger partial charge in [0.05, 0.1) is 18.8 Å². The number of ether oxygens (including phenoxy) is 1. The molecule has 2 aliphatic heterocycles. The minimum absolute atomic E-state index is 0.0147. The summed E-state index contributed by atoms with van der Waals surface area (Å²) in [6, 6.07) is 1.99. The van der Waals surface area contributed by atoms with E-state index in [4.69, 9.17) is 4.74 Å². The molecule has 1 saturated heterocycles. The molecule has 0 aliphatic carbocycles. The van der Waals surface area contributed by atoms with Crippen molar-refractivity contribution in [2.75, 3.05) is 19.7 Å². The van der Waals surface area contributed by atoms with E-state index in [1.54, 1.807) is 10.7 Å². The second-order valence-electron chi connectivity index (χ2n) is 5.98. The summed E-state index contributed by atoms with van der Waals surface area (Å²) in [7, 11) is 0. The van der Waals surface area contributed by atoms with Gasteiger partial charge in [-0.25, -0.2) is 4.68 Å². The first kappa shape index (κ1) is 13.4. The second kappa shape index (κ2) is 5.15. The Bertz CT molecular complexity index is 683. The van der Waals surface area contributed by atoms with Crippen molar-refractivity contribution in [2.24, 2.45) is 0 Å². The Morgan fingerprint density at radius 1 is 1.41 bits per heavy atom. The number of carbonyl (C=O) groups excluding carboxylic acids is 1. The van der Waals surface area contributed by atoms with Crippen LogP contribution >= 0.6 is 0 Å². The van der Waals surface area contributed by atoms with Gasteiger partial charge in [-0.2, -0.15) is 10.2 Å². The third kappa shape index (κ3) is 2.26. The maximum atomic E-state index is 12.7. The van der Waals surface area contributed by atoms with Gasteiger partial charge in [-0.05, 0) is 25.3 Å². The number of nitrogens with zero attached hydrogens (tertiary/aromatic N) is 5. The fourth-order valence-corrected chi connectivity index (χ4v) is 3.17. The maximum Gasteiger partial charge on any atom is 0.274 e. The van der Waals surface area contributed by atoms with Crippen molar-refractivity contribution in [1.82, 2.24) is 24.5 Å². The molecule has 0 saturated carbocycles. The van der Waals surface area contributed by atoms with Gasteiger partial charge < -0.3 is 9.64 Å². The number of aromatic nitrogens is 4. The summed E-state index contributed by atoms with van der Waals surface area (Å²) in [5.41, 5.74) is 1.62. The number of hydrogen-bond acceptors (Lipinski definition) is 4. The van der Waals surface area contributed by atoms with E-state index in [0.717, 1.165) is 31.5 Å². The van der Waals surface area contributed by atoms with Crippen molar-refractivity contribution < 1.29 is 9.53 Å². The first-order valence-corrected chi connectivity index (χ1v) is 7.71. The highest BCUT2D eigenvalue weighted by Crippen LogP contribution is 2.24. The predicted molar refractivity (Wildman–Crippen MR) is 78.9 cm³/mol. The van der Waals surface area contributed by atoms with Crippen LogP contribution in [0.3, 0.4) is 0 Å². The lowest BCUT2D eigenvalue weighted by Crippen LogP contribution is -2.41. The summed E-state index contributed by atoms with van der Waals surface area (Å²) in [6.07, 6.45) is 5.93. The number of aryl methyl sites for hydroxylation is 1. The smallest absolute Gasteiger partial charge is 0.274 e. The molecule has 0 aromatic carbocycles. The lowest BCUT2D eigenvalue weighted by atomic mass is 10.1. The number of hydrogen-bond donors (Lipinski definition) is 0. The topological polar surface area (TPSA) is 65.2 Å². The van der Waals surface area contributed by atoms with Crippen LogP contribution in [0.2, 0.25) is 0 Å². The lowest BCUT2D eigenvalue weighted by molar-refractivity contribution is 0.0666. The zero-order valence-corrected chi connectivity index (χ0v) is 12.6. The van der Waals surface area contributed by atoms with E-state index >= 15 is 0 Å². The van der Waals surface area contributed by atoms with Crippen molar-refractivity contribution in [3.05, 3.63) is 29.7 Å². The molecule has 0 N–H and O–H groups in total. The molecular weight excluding hydrogens is 282 g/mol. The molecule has 0 bridgehead atoms. The van der Waals surface area contributed by atoms with Crippen LogP contribution < -0.4 is 4.74 Å². The summed E-state index contributed by atoms with van der Waals surface area (Å²) in [4.78, 5) is 14.5. The molecule has 0 radical (unpaired) electrons. The van der Waals surface area contributed by atoms with Gasteiger partial charge in [-0.1, -0.05) is 0 Å². The summed E-state index contributed by atoms with van der Waals surface area (Å²) in [5, 5.41) is 8.73. The highest BCUT2D eigenvalue weighted by molar-refractivity contribution is 5.92. The Hall–Kier alpha value is -2.31. The average Bonchev–Trinajstić information content (AvgIpc) is 3.21. The molecular formula is C15H19N5O2. The Labute approximate surface area is 128 Å². The molecule has 1 fully saturated rings. The number of amides is 1. The first-order chi connectivity index (χ1) is 10.7. The number of piperidine rings is 1. The maximum absolute atomic E-state index is 12.7. The highest BCUT2D eigenvalue weighted by atomic mass is 16.5. The van der Waals surface area contributed by atoms with Gasteiger partial charge in [0.2, 0.25) is 5.88 Å². The minimum Gasteiger partial charge on any atom is -0.476 e. The number of rotatable bonds is 2. The van der Waals surface area contributed by atoms with Crippen molar-refractivity contribution >= 4 is 5.91 Å². The molecule has 1 unspecified atom stereocenters. The van der Waals surface area contributed by atoms with E-state index in [1.165, 1.54) is 0 Å². The Balaban J connectivity index is 1.50. The monoisotopic (exact) mass is 301 g/mol. The van der Waals surface area contributed by atoms with Crippen LogP contribution in [-0.2, 0) is 6.54 Å². The molecule has 1 atom stereocenters. The van der Waals surface area contributed by atoms with Crippen LogP contribution in [0.25, 0.3) is 0 Å². The largest absolute Gasteiger partial charge is 0.476 e. The van der Waals surface area contributed by atoms with Gasteiger partial charge >= 0.3 is 0 Å². The quantitative estimate of drug-likeness (QED) is 0.837. The van der Waals surface area contributed by atoms with Gasteiger partial charge in [0.25, 0.3) is 5.91 Å². The third-order valence-electron chi connectivity index (χ3n) is 4.30. The molecule has 2 aromatic heterocycles. The molecule has 0 spiro atoms. The van der Waals surface area contributed by atoms with E-state index in [1.807, 2.05) is 28.9 Å². The number of carbonyl (C=O) groups is 1. The van der Waals surface area contributed by atoms with E-state index < -0.39 is 0 Å². The fraction of sp³-hybridized carbons (Fsp3) is 0.533. The second-order valence-corrected chi connectivity index (χ2v) is 5.98. The van der Waals surface area contributed by atoms with Crippen LogP contribution in [0.5, 0.6) is 5.88 Å². The first-order valence-electron chi connectivity index (χ1n) is 7.71. The molecule has 2 aromatic rings. The number of likely N-dealkylation sites (tertiary alicyclic amines) is 1. The SMILES string of the molecule is Cc1cnn(C2CCCN(C(=O)c3cc4n(n3)CCO4)C2)c1. The van der Waals surface area contributed by atoms with Crippen LogP contribution in [-0.4, -0.2) is 50.1 Å². The van der Waals surface area contributed by atoms with Crippen LogP contribution in [0, 0.1) is 6.92 Å². The summed E-state index contributed by atoms with van der Waals surface area (Å²) in [6.45, 7) is 4.85. The van der Waals surface area contributed by atoms with Crippen LogP contribution in [0.4, 0.5) is 0 Å². The van der Waals surface area contributed by atoms with Gasteiger partial charge in [-0.3, -0.25) is 9.48 Å². The van der Waals surface area contributed by atoms with E-state index in [9.17, 15) is 4.79 Å². The predicted octanol–water partition coefficient (Wildman–Crippen LogP) is 1.26. The van der Waals surface area contributed by atoms with E-state index in [0.29, 0.717) is 24.7 Å². The van der Waals surface area contributed by atoms with Gasteiger partial charge in [0, 0.05) is 25.4 Å². The van der Waals surface area contributed by atoms with E-state index in [-0.39, 0.29) is 11.9 Å². The minimum atomic E-state index is -0.0147. The Morgan fingerprint density at radius 3 is 3.09 bits per heavy atom. The van der Waals surface area contributed by atoms with Gasteiger partial charge in [0.1, 0.15) is 6.61 Å². The number of fused-ring (bicyclic) bond motifs is 1. The summed E-state index contributed by atoms with van der Waals surface area (Å²) >= 11 is 0. The molecule has 1 amide bonds. The lowest BCUT2D eigenvalue weighted by Gasteiger charge is -2.32. The molecule has 2 aliphatic rings. The third-order valence-corrected chi connectivity index (χ3v) is 4.30. The Kier molecular flexibility index (Phi) is 3.13. The molecule has 4 rings (SSSR count). The molecule has 116 valence electrons. The van der Waals surface area contributed by atoms with Gasteiger partial charge in [0.15, 0.2) is 5.69 Å². The fourth-order valence-electron chi connectivity index (χ4n) is 3.17. The summed E-state index contributed by atoms with van der Waals surface area (Å²) < 4.78 is 9.16. The average molecular weight is 301 g/mol. The van der Waals surface area contributed by atoms with Crippen LogP contribution in [0.1, 0.15) is 34.9 Å². The molecule has 7 nitrogen and oxygen atoms in total. The molecule has 4 heterocycles. The highest BCUT2D eigenvalue weighted by Gasteiger charge is 2.28. The van der Waals surface area contributed by atoms with Crippen molar-refractivity contribution in [3.63, 3.8) is 0 Å². The van der Waals surface area contributed by atoms with E-state index in [2.05, 4.69) is 10.2 Å². The van der Waals surface area contributed by atoms with Crippen molar-refractivity contribution in [3.8, 4) is 5.88 Å². The standard InChI is InChI=1S/C15H19N5O2/c1-11-8-16-20(9-11)12-3-2-4-18(10-12)15(21)13-7-14-19(17-13)5-6-22-14/h7-9,12H,2-6,10H2,1H3.